The van der Waals surface area contributed by atoms with Crippen LogP contribution in [0.4, 0.5) is 13.2 Å². The molecule has 126 valence electrons. The molecule has 23 heavy (non-hydrogen) atoms. The van der Waals surface area contributed by atoms with Crippen LogP contribution >= 0.6 is 11.6 Å². The number of rotatable bonds is 5. The molecule has 0 aliphatic carbocycles. The average molecular weight is 347 g/mol. The zero-order chi connectivity index (χ0) is 17.2. The molecule has 3 nitrogen and oxygen atoms in total. The maximum atomic E-state index is 12.7. The number of ether oxygens (including phenoxy) is 1. The molecule has 2 aromatic rings. The third-order valence-corrected chi connectivity index (χ3v) is 3.99. The van der Waals surface area contributed by atoms with Gasteiger partial charge in [0.2, 0.25) is 0 Å². The van der Waals surface area contributed by atoms with Crippen molar-refractivity contribution in [3.8, 4) is 17.0 Å². The van der Waals surface area contributed by atoms with Crippen molar-refractivity contribution in [3.05, 3.63) is 35.0 Å². The number of hydrogen-bond donors (Lipinski definition) is 0. The smallest absolute Gasteiger partial charge is 0.391 e. The van der Waals surface area contributed by atoms with E-state index in [0.29, 0.717) is 34.1 Å². The van der Waals surface area contributed by atoms with E-state index >= 15 is 0 Å². The summed E-state index contributed by atoms with van der Waals surface area (Å²) in [6.07, 6.45) is -2.77. The van der Waals surface area contributed by atoms with E-state index in [-0.39, 0.29) is 6.42 Å². The number of halogens is 4. The van der Waals surface area contributed by atoms with Gasteiger partial charge in [-0.1, -0.05) is 24.6 Å². The Labute approximate surface area is 138 Å². The first-order chi connectivity index (χ1) is 10.8. The summed E-state index contributed by atoms with van der Waals surface area (Å²) in [6, 6.07) is 5.02. The fourth-order valence-corrected chi connectivity index (χ4v) is 2.64. The maximum Gasteiger partial charge on any atom is 0.391 e. The zero-order valence-electron chi connectivity index (χ0n) is 13.1. The van der Waals surface area contributed by atoms with E-state index in [9.17, 15) is 13.2 Å². The molecule has 0 radical (unpaired) electrons. The van der Waals surface area contributed by atoms with Crippen LogP contribution in [-0.2, 0) is 13.0 Å². The monoisotopic (exact) mass is 346 g/mol. The Kier molecular flexibility index (Phi) is 5.24. The van der Waals surface area contributed by atoms with Gasteiger partial charge in [0.05, 0.1) is 29.9 Å². The number of aromatic nitrogens is 2. The molecule has 0 N–H and O–H groups in total. The zero-order valence-corrected chi connectivity index (χ0v) is 13.9. The third kappa shape index (κ3) is 3.80. The molecular weight excluding hydrogens is 329 g/mol. The second-order valence-corrected chi connectivity index (χ2v) is 5.75. The van der Waals surface area contributed by atoms with Crippen molar-refractivity contribution < 1.29 is 17.9 Å². The highest BCUT2D eigenvalue weighted by molar-refractivity contribution is 6.33. The van der Waals surface area contributed by atoms with Crippen LogP contribution in [0.5, 0.6) is 5.75 Å². The molecule has 2 rings (SSSR count). The second kappa shape index (κ2) is 6.83. The highest BCUT2D eigenvalue weighted by Crippen LogP contribution is 2.37. The van der Waals surface area contributed by atoms with Gasteiger partial charge in [-0.25, -0.2) is 0 Å². The molecule has 0 amide bonds. The van der Waals surface area contributed by atoms with Crippen LogP contribution in [0.3, 0.4) is 0 Å². The normalized spacial score (nSPS) is 13.2. The first kappa shape index (κ1) is 17.7. The lowest BCUT2D eigenvalue weighted by Crippen LogP contribution is -2.21. The van der Waals surface area contributed by atoms with Gasteiger partial charge in [0.1, 0.15) is 5.75 Å². The van der Waals surface area contributed by atoms with Gasteiger partial charge >= 0.3 is 6.18 Å². The Morgan fingerprint density at radius 3 is 2.61 bits per heavy atom. The molecule has 0 saturated carbocycles. The number of alkyl halides is 3. The summed E-state index contributed by atoms with van der Waals surface area (Å²) in [7, 11) is 1.48. The van der Waals surface area contributed by atoms with Crippen LogP contribution in [-0.4, -0.2) is 23.1 Å². The SMILES string of the molecule is CCn1ncc(Cl)c1-c1ccc(C[C@H](C)C(F)(F)F)cc1OC. The molecule has 0 aliphatic heterocycles. The summed E-state index contributed by atoms with van der Waals surface area (Å²) >= 11 is 6.18. The van der Waals surface area contributed by atoms with E-state index in [4.69, 9.17) is 16.3 Å². The molecular formula is C16H18ClF3N2O. The van der Waals surface area contributed by atoms with Gasteiger partial charge in [0.25, 0.3) is 0 Å². The summed E-state index contributed by atoms with van der Waals surface area (Å²) in [5, 5.41) is 4.64. The van der Waals surface area contributed by atoms with E-state index in [0.717, 1.165) is 0 Å². The molecule has 7 heteroatoms. The Morgan fingerprint density at radius 1 is 1.35 bits per heavy atom. The van der Waals surface area contributed by atoms with Crippen LogP contribution in [0.2, 0.25) is 5.02 Å². The summed E-state index contributed by atoms with van der Waals surface area (Å²) in [5.41, 5.74) is 1.97. The molecule has 1 heterocycles. The predicted molar refractivity (Wildman–Crippen MR) is 83.8 cm³/mol. The van der Waals surface area contributed by atoms with Gasteiger partial charge in [0.15, 0.2) is 0 Å². The maximum absolute atomic E-state index is 12.7. The lowest BCUT2D eigenvalue weighted by Gasteiger charge is -2.17. The molecule has 1 aromatic heterocycles. The fourth-order valence-electron chi connectivity index (χ4n) is 2.40. The minimum Gasteiger partial charge on any atom is -0.496 e. The topological polar surface area (TPSA) is 27.1 Å². The summed E-state index contributed by atoms with van der Waals surface area (Å²) in [6.45, 7) is 3.72. The van der Waals surface area contributed by atoms with Gasteiger partial charge in [0, 0.05) is 12.1 Å². The number of methoxy groups -OCH3 is 1. The molecule has 0 spiro atoms. The Morgan fingerprint density at radius 2 is 2.04 bits per heavy atom. The predicted octanol–water partition coefficient (Wildman–Crippen LogP) is 4.97. The minimum atomic E-state index is -4.21. The molecule has 0 unspecified atom stereocenters. The summed E-state index contributed by atoms with van der Waals surface area (Å²) in [4.78, 5) is 0. The molecule has 0 bridgehead atoms. The van der Waals surface area contributed by atoms with Crippen LogP contribution in [0.1, 0.15) is 19.4 Å². The molecule has 1 aromatic carbocycles. The third-order valence-electron chi connectivity index (χ3n) is 3.72. The van der Waals surface area contributed by atoms with Gasteiger partial charge in [-0.05, 0) is 31.0 Å². The highest BCUT2D eigenvalue weighted by atomic mass is 35.5. The first-order valence-electron chi connectivity index (χ1n) is 7.23. The quantitative estimate of drug-likeness (QED) is 0.764. The van der Waals surface area contributed by atoms with E-state index in [1.54, 1.807) is 29.1 Å². The standard InChI is InChI=1S/C16H18ClF3N2O/c1-4-22-15(13(17)9-21-22)12-6-5-11(8-14(12)23-3)7-10(2)16(18,19)20/h5-6,8-10H,4,7H2,1-3H3/t10-/m0/s1. The van der Waals surface area contributed by atoms with E-state index in [2.05, 4.69) is 5.10 Å². The van der Waals surface area contributed by atoms with Crippen LogP contribution < -0.4 is 4.74 Å². The Hall–Kier alpha value is -1.69. The number of benzene rings is 1. The van der Waals surface area contributed by atoms with Crippen molar-refractivity contribution in [2.45, 2.75) is 33.0 Å². The molecule has 0 saturated heterocycles. The lowest BCUT2D eigenvalue weighted by molar-refractivity contribution is -0.169. The van der Waals surface area contributed by atoms with E-state index < -0.39 is 12.1 Å². The van der Waals surface area contributed by atoms with Crippen LogP contribution in [0.15, 0.2) is 24.4 Å². The van der Waals surface area contributed by atoms with Gasteiger partial charge in [-0.3, -0.25) is 4.68 Å². The number of nitrogens with zero attached hydrogens (tertiary/aromatic N) is 2. The largest absolute Gasteiger partial charge is 0.496 e. The van der Waals surface area contributed by atoms with Crippen molar-refractivity contribution in [2.24, 2.45) is 5.92 Å². The molecule has 0 aliphatic rings. The van der Waals surface area contributed by atoms with Crippen molar-refractivity contribution in [3.63, 3.8) is 0 Å². The van der Waals surface area contributed by atoms with Crippen LogP contribution in [0.25, 0.3) is 11.3 Å². The second-order valence-electron chi connectivity index (χ2n) is 5.34. The first-order valence-corrected chi connectivity index (χ1v) is 7.61. The van der Waals surface area contributed by atoms with Crippen LogP contribution in [0, 0.1) is 5.92 Å². The minimum absolute atomic E-state index is 0.0963. The number of hydrogen-bond acceptors (Lipinski definition) is 2. The number of aryl methyl sites for hydroxylation is 1. The highest BCUT2D eigenvalue weighted by Gasteiger charge is 2.35. The van der Waals surface area contributed by atoms with Crippen molar-refractivity contribution in [2.75, 3.05) is 7.11 Å². The molecule has 0 fully saturated rings. The lowest BCUT2D eigenvalue weighted by atomic mass is 9.98. The van der Waals surface area contributed by atoms with Gasteiger partial charge in [-0.2, -0.15) is 18.3 Å². The molecule has 1 atom stereocenters. The summed E-state index contributed by atoms with van der Waals surface area (Å²) < 4.78 is 45.2. The van der Waals surface area contributed by atoms with Gasteiger partial charge < -0.3 is 4.74 Å². The van der Waals surface area contributed by atoms with Gasteiger partial charge in [-0.15, -0.1) is 0 Å². The van der Waals surface area contributed by atoms with Crippen molar-refractivity contribution >= 4 is 11.6 Å². The Bertz CT molecular complexity index is 682. The average Bonchev–Trinajstić information content (AvgIpc) is 2.87. The van der Waals surface area contributed by atoms with E-state index in [1.807, 2.05) is 6.92 Å². The van der Waals surface area contributed by atoms with Crippen molar-refractivity contribution in [1.29, 1.82) is 0 Å². The van der Waals surface area contributed by atoms with Crippen molar-refractivity contribution in [1.82, 2.24) is 9.78 Å². The Balaban J connectivity index is 2.39. The summed E-state index contributed by atoms with van der Waals surface area (Å²) in [5.74, 6) is -0.934. The van der Waals surface area contributed by atoms with E-state index in [1.165, 1.54) is 14.0 Å². The fraction of sp³-hybridized carbons (Fsp3) is 0.438.